The standard InChI is InChI=1S/C12H14N2O4/c15-12(16)10-6-8(7-13-10)5-9-3-1-2-4-11(9)14(17)18/h1-4,8,10,13H,5-7H2,(H,15,16)/t8?,10-/m0/s1. The Hall–Kier alpha value is -1.95. The van der Waals surface area contributed by atoms with E-state index in [4.69, 9.17) is 5.11 Å². The maximum absolute atomic E-state index is 10.9. The zero-order chi connectivity index (χ0) is 13.1. The van der Waals surface area contributed by atoms with Gasteiger partial charge in [-0.3, -0.25) is 14.9 Å². The van der Waals surface area contributed by atoms with E-state index in [1.165, 1.54) is 6.07 Å². The molecule has 6 heteroatoms. The molecule has 0 radical (unpaired) electrons. The first-order chi connectivity index (χ1) is 8.58. The number of aliphatic carboxylic acids is 1. The second-order valence-corrected chi connectivity index (χ2v) is 4.49. The van der Waals surface area contributed by atoms with E-state index in [2.05, 4.69) is 5.32 Å². The average molecular weight is 250 g/mol. The number of carboxylic acids is 1. The number of hydrogen-bond donors (Lipinski definition) is 2. The van der Waals surface area contributed by atoms with Crippen molar-refractivity contribution in [3.05, 3.63) is 39.9 Å². The smallest absolute Gasteiger partial charge is 0.320 e. The van der Waals surface area contributed by atoms with Gasteiger partial charge in [-0.05, 0) is 25.3 Å². The number of nitro benzene ring substituents is 1. The lowest BCUT2D eigenvalue weighted by atomic mass is 9.96. The van der Waals surface area contributed by atoms with E-state index in [0.717, 1.165) is 0 Å². The van der Waals surface area contributed by atoms with Gasteiger partial charge in [0.15, 0.2) is 0 Å². The van der Waals surface area contributed by atoms with Crippen molar-refractivity contribution in [1.29, 1.82) is 0 Å². The van der Waals surface area contributed by atoms with Crippen LogP contribution in [0.1, 0.15) is 12.0 Å². The number of hydrogen-bond acceptors (Lipinski definition) is 4. The zero-order valence-electron chi connectivity index (χ0n) is 9.70. The van der Waals surface area contributed by atoms with Crippen LogP contribution in [0.25, 0.3) is 0 Å². The quantitative estimate of drug-likeness (QED) is 0.618. The van der Waals surface area contributed by atoms with Gasteiger partial charge in [-0.2, -0.15) is 0 Å². The molecular formula is C12H14N2O4. The topological polar surface area (TPSA) is 92.5 Å². The highest BCUT2D eigenvalue weighted by Crippen LogP contribution is 2.25. The van der Waals surface area contributed by atoms with Crippen molar-refractivity contribution >= 4 is 11.7 Å². The van der Waals surface area contributed by atoms with Crippen LogP contribution >= 0.6 is 0 Å². The molecule has 0 amide bonds. The number of rotatable bonds is 4. The van der Waals surface area contributed by atoms with Crippen LogP contribution in [0.15, 0.2) is 24.3 Å². The number of carboxylic acid groups (broad SMARTS) is 1. The van der Waals surface area contributed by atoms with E-state index >= 15 is 0 Å². The van der Waals surface area contributed by atoms with Gasteiger partial charge in [0.05, 0.1) is 4.92 Å². The number of para-hydroxylation sites is 1. The van der Waals surface area contributed by atoms with Crippen molar-refractivity contribution in [3.63, 3.8) is 0 Å². The predicted molar refractivity (Wildman–Crippen MR) is 64.3 cm³/mol. The fourth-order valence-electron chi connectivity index (χ4n) is 2.33. The zero-order valence-corrected chi connectivity index (χ0v) is 9.70. The van der Waals surface area contributed by atoms with Gasteiger partial charge < -0.3 is 10.4 Å². The monoisotopic (exact) mass is 250 g/mol. The molecule has 1 aliphatic rings. The van der Waals surface area contributed by atoms with Crippen molar-refractivity contribution < 1.29 is 14.8 Å². The summed E-state index contributed by atoms with van der Waals surface area (Å²) in [7, 11) is 0. The van der Waals surface area contributed by atoms with Crippen LogP contribution in [0, 0.1) is 16.0 Å². The van der Waals surface area contributed by atoms with Gasteiger partial charge in [-0.1, -0.05) is 18.2 Å². The molecule has 1 fully saturated rings. The van der Waals surface area contributed by atoms with Crippen molar-refractivity contribution in [2.75, 3.05) is 6.54 Å². The number of carbonyl (C=O) groups is 1. The first kappa shape index (κ1) is 12.5. The molecule has 1 aromatic carbocycles. The van der Waals surface area contributed by atoms with Gasteiger partial charge in [0.1, 0.15) is 6.04 Å². The molecule has 6 nitrogen and oxygen atoms in total. The van der Waals surface area contributed by atoms with Gasteiger partial charge >= 0.3 is 5.97 Å². The van der Waals surface area contributed by atoms with E-state index in [1.807, 2.05) is 0 Å². The summed E-state index contributed by atoms with van der Waals surface area (Å²) in [5.41, 5.74) is 0.775. The minimum absolute atomic E-state index is 0.108. The molecule has 2 atom stereocenters. The first-order valence-corrected chi connectivity index (χ1v) is 5.76. The van der Waals surface area contributed by atoms with Crippen LogP contribution in [0.4, 0.5) is 5.69 Å². The van der Waals surface area contributed by atoms with Crippen LogP contribution in [-0.4, -0.2) is 28.6 Å². The summed E-state index contributed by atoms with van der Waals surface area (Å²) in [5, 5.41) is 22.6. The predicted octanol–water partition coefficient (Wildman–Crippen LogP) is 1.20. The molecular weight excluding hydrogens is 236 g/mol. The third-order valence-electron chi connectivity index (χ3n) is 3.22. The summed E-state index contributed by atoms with van der Waals surface area (Å²) in [6.45, 7) is 0.586. The minimum atomic E-state index is -0.861. The Labute approximate surface area is 104 Å². The number of benzene rings is 1. The van der Waals surface area contributed by atoms with Gasteiger partial charge in [-0.25, -0.2) is 0 Å². The lowest BCUT2D eigenvalue weighted by molar-refractivity contribution is -0.385. The molecule has 96 valence electrons. The van der Waals surface area contributed by atoms with Crippen LogP contribution in [0.5, 0.6) is 0 Å². The summed E-state index contributed by atoms with van der Waals surface area (Å²) in [6.07, 6.45) is 1.05. The SMILES string of the molecule is O=C(O)[C@@H]1CC(Cc2ccccc2[N+](=O)[O-])CN1. The molecule has 1 saturated heterocycles. The highest BCUT2D eigenvalue weighted by Gasteiger charge is 2.30. The molecule has 0 aliphatic carbocycles. The Morgan fingerprint density at radius 1 is 1.50 bits per heavy atom. The normalized spacial score (nSPS) is 22.9. The maximum Gasteiger partial charge on any atom is 0.320 e. The number of nitro groups is 1. The summed E-state index contributed by atoms with van der Waals surface area (Å²) < 4.78 is 0. The molecule has 0 spiro atoms. The van der Waals surface area contributed by atoms with Gasteiger partial charge in [0.2, 0.25) is 0 Å². The summed E-state index contributed by atoms with van der Waals surface area (Å²) in [5.74, 6) is -0.729. The summed E-state index contributed by atoms with van der Waals surface area (Å²) >= 11 is 0. The molecule has 1 aliphatic heterocycles. The molecule has 18 heavy (non-hydrogen) atoms. The summed E-state index contributed by atoms with van der Waals surface area (Å²) in [4.78, 5) is 21.3. The van der Waals surface area contributed by atoms with Crippen molar-refractivity contribution in [3.8, 4) is 0 Å². The van der Waals surface area contributed by atoms with Crippen LogP contribution in [0.2, 0.25) is 0 Å². The Kier molecular flexibility index (Phi) is 3.57. The Morgan fingerprint density at radius 3 is 2.83 bits per heavy atom. The highest BCUT2D eigenvalue weighted by molar-refractivity contribution is 5.73. The molecule has 0 saturated carbocycles. The molecule has 1 aromatic rings. The van der Waals surface area contributed by atoms with Crippen molar-refractivity contribution in [1.82, 2.24) is 5.32 Å². The lowest BCUT2D eigenvalue weighted by Gasteiger charge is -2.08. The Morgan fingerprint density at radius 2 is 2.22 bits per heavy atom. The minimum Gasteiger partial charge on any atom is -0.480 e. The van der Waals surface area contributed by atoms with E-state index in [0.29, 0.717) is 24.9 Å². The van der Waals surface area contributed by atoms with E-state index < -0.39 is 16.9 Å². The molecule has 0 bridgehead atoms. The van der Waals surface area contributed by atoms with E-state index in [9.17, 15) is 14.9 Å². The van der Waals surface area contributed by atoms with Gasteiger partial charge in [0, 0.05) is 11.6 Å². The lowest BCUT2D eigenvalue weighted by Crippen LogP contribution is -2.29. The summed E-state index contributed by atoms with van der Waals surface area (Å²) in [6, 6.07) is 6.07. The largest absolute Gasteiger partial charge is 0.480 e. The molecule has 0 aromatic heterocycles. The number of nitrogens with zero attached hydrogens (tertiary/aromatic N) is 1. The van der Waals surface area contributed by atoms with E-state index in [1.54, 1.807) is 18.2 Å². The third kappa shape index (κ3) is 2.65. The molecule has 2 rings (SSSR count). The molecule has 1 heterocycles. The van der Waals surface area contributed by atoms with Gasteiger partial charge in [0.25, 0.3) is 5.69 Å². The van der Waals surface area contributed by atoms with E-state index in [-0.39, 0.29) is 11.6 Å². The first-order valence-electron chi connectivity index (χ1n) is 5.76. The van der Waals surface area contributed by atoms with Crippen molar-refractivity contribution in [2.24, 2.45) is 5.92 Å². The van der Waals surface area contributed by atoms with Crippen LogP contribution in [0.3, 0.4) is 0 Å². The second kappa shape index (κ2) is 5.14. The second-order valence-electron chi connectivity index (χ2n) is 4.49. The van der Waals surface area contributed by atoms with Crippen molar-refractivity contribution in [2.45, 2.75) is 18.9 Å². The molecule has 2 N–H and O–H groups in total. The highest BCUT2D eigenvalue weighted by atomic mass is 16.6. The maximum atomic E-state index is 10.9. The number of nitrogens with one attached hydrogen (secondary N) is 1. The van der Waals surface area contributed by atoms with Gasteiger partial charge in [-0.15, -0.1) is 0 Å². The Balaban J connectivity index is 2.07. The fraction of sp³-hybridized carbons (Fsp3) is 0.417. The third-order valence-corrected chi connectivity index (χ3v) is 3.22. The Bertz CT molecular complexity index is 475. The molecule has 1 unspecified atom stereocenters. The average Bonchev–Trinajstić information content (AvgIpc) is 2.78. The van der Waals surface area contributed by atoms with Crippen LogP contribution in [-0.2, 0) is 11.2 Å². The van der Waals surface area contributed by atoms with Crippen LogP contribution < -0.4 is 5.32 Å². The fourth-order valence-corrected chi connectivity index (χ4v) is 2.33.